The number of halogens is 1. The van der Waals surface area contributed by atoms with Crippen molar-refractivity contribution in [3.05, 3.63) is 47.0 Å². The van der Waals surface area contributed by atoms with Gasteiger partial charge in [0.25, 0.3) is 0 Å². The Kier molecular flexibility index (Phi) is 8.81. The number of ether oxygens (including phenoxy) is 1. The second-order valence-electron chi connectivity index (χ2n) is 7.18. The molecule has 0 saturated heterocycles. The van der Waals surface area contributed by atoms with Crippen LogP contribution in [-0.2, 0) is 15.1 Å². The van der Waals surface area contributed by atoms with Gasteiger partial charge in [0.2, 0.25) is 0 Å². The molecular formula is C22H32ClNO3. The van der Waals surface area contributed by atoms with Gasteiger partial charge < -0.3 is 14.7 Å². The zero-order valence-electron chi connectivity index (χ0n) is 16.5. The van der Waals surface area contributed by atoms with Crippen LogP contribution in [0.4, 0.5) is 0 Å². The van der Waals surface area contributed by atoms with E-state index >= 15 is 0 Å². The molecular weight excluding hydrogens is 362 g/mol. The third kappa shape index (κ3) is 5.81. The van der Waals surface area contributed by atoms with Gasteiger partial charge >= 0.3 is 5.97 Å². The summed E-state index contributed by atoms with van der Waals surface area (Å²) in [4.78, 5) is 15.2. The van der Waals surface area contributed by atoms with Gasteiger partial charge in [0, 0.05) is 12.5 Å². The van der Waals surface area contributed by atoms with Gasteiger partial charge in [0.1, 0.15) is 6.61 Å². The number of rotatable bonds is 9. The molecule has 1 fully saturated rings. The van der Waals surface area contributed by atoms with Gasteiger partial charge in [-0.15, -0.1) is 0 Å². The van der Waals surface area contributed by atoms with E-state index in [2.05, 4.69) is 18.7 Å². The number of carbonyl (C=O) groups excluding carboxylic acids is 1. The van der Waals surface area contributed by atoms with Crippen LogP contribution < -0.4 is 0 Å². The van der Waals surface area contributed by atoms with Gasteiger partial charge in [-0.1, -0.05) is 81.1 Å². The average molecular weight is 394 g/mol. The van der Waals surface area contributed by atoms with Crippen molar-refractivity contribution in [3.8, 4) is 0 Å². The van der Waals surface area contributed by atoms with Gasteiger partial charge in [-0.25, -0.2) is 4.79 Å². The summed E-state index contributed by atoms with van der Waals surface area (Å²) in [6.45, 7) is 6.77. The van der Waals surface area contributed by atoms with E-state index < -0.39 is 11.6 Å². The van der Waals surface area contributed by atoms with Crippen LogP contribution in [0.1, 0.15) is 51.5 Å². The van der Waals surface area contributed by atoms with Crippen LogP contribution in [0.15, 0.2) is 41.4 Å². The van der Waals surface area contributed by atoms with Crippen LogP contribution in [0.2, 0.25) is 0 Å². The Hall–Kier alpha value is -1.36. The SMILES string of the molecule is CCN(CC)C/C=C(\Cl)COC(=O)C(O)(c1ccccc1)C1CCCCC1. The molecule has 0 spiro atoms. The third-order valence-corrected chi connectivity index (χ3v) is 5.79. The maximum Gasteiger partial charge on any atom is 0.343 e. The Morgan fingerprint density at radius 2 is 1.85 bits per heavy atom. The molecule has 0 radical (unpaired) electrons. The molecule has 2 rings (SSSR count). The normalized spacial score (nSPS) is 18.3. The first-order chi connectivity index (χ1) is 13.0. The highest BCUT2D eigenvalue weighted by Crippen LogP contribution is 2.40. The van der Waals surface area contributed by atoms with Crippen molar-refractivity contribution in [2.45, 2.75) is 51.6 Å². The van der Waals surface area contributed by atoms with Gasteiger partial charge in [0.15, 0.2) is 5.60 Å². The zero-order chi connectivity index (χ0) is 19.7. The van der Waals surface area contributed by atoms with E-state index in [1.54, 1.807) is 12.1 Å². The number of benzene rings is 1. The summed E-state index contributed by atoms with van der Waals surface area (Å²) in [7, 11) is 0. The number of nitrogens with zero attached hydrogens (tertiary/aromatic N) is 1. The van der Waals surface area contributed by atoms with E-state index in [0.29, 0.717) is 10.6 Å². The fourth-order valence-corrected chi connectivity index (χ4v) is 3.87. The third-order valence-electron chi connectivity index (χ3n) is 5.53. The standard InChI is InChI=1S/C22H32ClNO3/c1-3-24(4-2)16-15-20(23)17-27-21(25)22(26,18-11-7-5-8-12-18)19-13-9-6-10-14-19/h5,7-8,11-12,15,19,26H,3-4,6,9-10,13-14,16-17H2,1-2H3/b20-15-. The number of hydrogen-bond donors (Lipinski definition) is 1. The molecule has 5 heteroatoms. The lowest BCUT2D eigenvalue weighted by Crippen LogP contribution is -2.45. The van der Waals surface area contributed by atoms with Crippen molar-refractivity contribution >= 4 is 17.6 Å². The summed E-state index contributed by atoms with van der Waals surface area (Å²) in [5.74, 6) is -0.727. The molecule has 0 aromatic heterocycles. The number of aliphatic hydroxyl groups is 1. The lowest BCUT2D eigenvalue weighted by molar-refractivity contribution is -0.174. The molecule has 1 N–H and O–H groups in total. The molecule has 1 unspecified atom stereocenters. The maximum absolute atomic E-state index is 13.0. The van der Waals surface area contributed by atoms with E-state index in [-0.39, 0.29) is 12.5 Å². The summed E-state index contributed by atoms with van der Waals surface area (Å²) in [6, 6.07) is 9.16. The molecule has 0 heterocycles. The van der Waals surface area contributed by atoms with Gasteiger partial charge in [-0.05, 0) is 31.5 Å². The fraction of sp³-hybridized carbons (Fsp3) is 0.591. The molecule has 1 aromatic rings. The Bertz CT molecular complexity index is 609. The minimum Gasteiger partial charge on any atom is -0.457 e. The van der Waals surface area contributed by atoms with Crippen LogP contribution in [0.3, 0.4) is 0 Å². The minimum absolute atomic E-state index is 0.0104. The van der Waals surface area contributed by atoms with E-state index in [1.807, 2.05) is 24.3 Å². The van der Waals surface area contributed by atoms with Crippen molar-refractivity contribution in [1.29, 1.82) is 0 Å². The summed E-state index contributed by atoms with van der Waals surface area (Å²) in [5, 5.41) is 11.9. The topological polar surface area (TPSA) is 49.8 Å². The first-order valence-electron chi connectivity index (χ1n) is 10.0. The highest BCUT2D eigenvalue weighted by Gasteiger charge is 2.47. The number of carbonyl (C=O) groups is 1. The largest absolute Gasteiger partial charge is 0.457 e. The number of esters is 1. The second-order valence-corrected chi connectivity index (χ2v) is 7.67. The van der Waals surface area contributed by atoms with Crippen molar-refractivity contribution in [3.63, 3.8) is 0 Å². The Morgan fingerprint density at radius 1 is 1.22 bits per heavy atom. The van der Waals surface area contributed by atoms with Crippen LogP contribution in [0.25, 0.3) is 0 Å². The summed E-state index contributed by atoms with van der Waals surface area (Å²) in [6.07, 6.45) is 6.72. The monoisotopic (exact) mass is 393 g/mol. The first kappa shape index (κ1) is 21.9. The summed E-state index contributed by atoms with van der Waals surface area (Å²) < 4.78 is 5.47. The van der Waals surface area contributed by atoms with E-state index in [0.717, 1.165) is 51.7 Å². The van der Waals surface area contributed by atoms with Gasteiger partial charge in [-0.2, -0.15) is 0 Å². The molecule has 1 atom stereocenters. The number of likely N-dealkylation sites (N-methyl/N-ethyl adjacent to an activating group) is 1. The van der Waals surface area contributed by atoms with Crippen molar-refractivity contribution in [1.82, 2.24) is 4.90 Å². The predicted molar refractivity (Wildman–Crippen MR) is 110 cm³/mol. The maximum atomic E-state index is 13.0. The average Bonchev–Trinajstić information content (AvgIpc) is 2.73. The van der Waals surface area contributed by atoms with Crippen LogP contribution in [0, 0.1) is 5.92 Å². The molecule has 0 amide bonds. The van der Waals surface area contributed by atoms with Gasteiger partial charge in [0.05, 0.1) is 5.03 Å². The second kappa shape index (κ2) is 10.8. The van der Waals surface area contributed by atoms with Gasteiger partial charge in [-0.3, -0.25) is 0 Å². The highest BCUT2D eigenvalue weighted by atomic mass is 35.5. The van der Waals surface area contributed by atoms with E-state index in [9.17, 15) is 9.90 Å². The smallest absolute Gasteiger partial charge is 0.343 e. The summed E-state index contributed by atoms with van der Waals surface area (Å²) in [5.41, 5.74) is -1.01. The molecule has 150 valence electrons. The molecule has 0 bridgehead atoms. The van der Waals surface area contributed by atoms with Crippen molar-refractivity contribution in [2.75, 3.05) is 26.2 Å². The van der Waals surface area contributed by atoms with E-state index in [4.69, 9.17) is 16.3 Å². The highest BCUT2D eigenvalue weighted by molar-refractivity contribution is 6.29. The molecule has 1 saturated carbocycles. The molecule has 1 aromatic carbocycles. The first-order valence-corrected chi connectivity index (χ1v) is 10.4. The van der Waals surface area contributed by atoms with Crippen LogP contribution >= 0.6 is 11.6 Å². The predicted octanol–water partition coefficient (Wildman–Crippen LogP) is 4.46. The quantitative estimate of drug-likeness (QED) is 0.629. The van der Waals surface area contributed by atoms with Crippen LogP contribution in [0.5, 0.6) is 0 Å². The lowest BCUT2D eigenvalue weighted by Gasteiger charge is -2.36. The summed E-state index contributed by atoms with van der Waals surface area (Å²) >= 11 is 6.24. The molecule has 0 aliphatic heterocycles. The lowest BCUT2D eigenvalue weighted by atomic mass is 9.73. The molecule has 1 aliphatic rings. The molecule has 27 heavy (non-hydrogen) atoms. The van der Waals surface area contributed by atoms with Crippen molar-refractivity contribution in [2.24, 2.45) is 5.92 Å². The van der Waals surface area contributed by atoms with E-state index in [1.165, 1.54) is 0 Å². The Labute approximate surface area is 168 Å². The fourth-order valence-electron chi connectivity index (χ4n) is 3.75. The van der Waals surface area contributed by atoms with Crippen LogP contribution in [-0.4, -0.2) is 42.2 Å². The molecule has 1 aliphatic carbocycles. The zero-order valence-corrected chi connectivity index (χ0v) is 17.3. The molecule has 4 nitrogen and oxygen atoms in total. The Balaban J connectivity index is 2.09. The minimum atomic E-state index is -1.61. The van der Waals surface area contributed by atoms with Crippen molar-refractivity contribution < 1.29 is 14.6 Å². The Morgan fingerprint density at radius 3 is 2.44 bits per heavy atom. The number of hydrogen-bond acceptors (Lipinski definition) is 4.